The van der Waals surface area contributed by atoms with Crippen LogP contribution in [0.3, 0.4) is 0 Å². The topological polar surface area (TPSA) is 63.4 Å². The Morgan fingerprint density at radius 3 is 2.52 bits per heavy atom. The molecule has 0 radical (unpaired) electrons. The van der Waals surface area contributed by atoms with Crippen molar-refractivity contribution in [2.45, 2.75) is 43.7 Å². The molecule has 0 fully saturated rings. The zero-order valence-corrected chi connectivity index (χ0v) is 14.4. The van der Waals surface area contributed by atoms with Crippen molar-refractivity contribution in [3.63, 3.8) is 0 Å². The summed E-state index contributed by atoms with van der Waals surface area (Å²) in [4.78, 5) is 2.52. The zero-order valence-electron chi connectivity index (χ0n) is 13.6. The lowest BCUT2D eigenvalue weighted by molar-refractivity contribution is 0.300. The maximum atomic E-state index is 11.5. The highest BCUT2D eigenvalue weighted by molar-refractivity contribution is 7.90. The van der Waals surface area contributed by atoms with Crippen LogP contribution in [0.25, 0.3) is 0 Å². The summed E-state index contributed by atoms with van der Waals surface area (Å²) in [6, 6.07) is 7.06. The molecule has 6 heteroatoms. The molecule has 0 N–H and O–H groups in total. The Balaban J connectivity index is 1.65. The molecule has 5 nitrogen and oxygen atoms in total. The molecule has 1 heterocycles. The molecular formula is C17H22N2O3S. The lowest BCUT2D eigenvalue weighted by Crippen LogP contribution is -2.18. The second-order valence-corrected chi connectivity index (χ2v) is 8.34. The van der Waals surface area contributed by atoms with E-state index in [0.717, 1.165) is 42.9 Å². The zero-order chi connectivity index (χ0) is 16.4. The molecule has 0 saturated heterocycles. The van der Waals surface area contributed by atoms with Crippen LogP contribution in [0, 0.1) is 0 Å². The van der Waals surface area contributed by atoms with Crippen molar-refractivity contribution in [1.29, 1.82) is 0 Å². The van der Waals surface area contributed by atoms with Gasteiger partial charge in [-0.1, -0.05) is 17.3 Å². The first-order valence-electron chi connectivity index (χ1n) is 7.87. The van der Waals surface area contributed by atoms with Gasteiger partial charge in [-0.3, -0.25) is 4.90 Å². The molecule has 124 valence electrons. The quantitative estimate of drug-likeness (QED) is 0.841. The van der Waals surface area contributed by atoms with Gasteiger partial charge in [0.1, 0.15) is 11.5 Å². The molecule has 1 aliphatic rings. The Morgan fingerprint density at radius 1 is 1.13 bits per heavy atom. The van der Waals surface area contributed by atoms with Crippen LogP contribution >= 0.6 is 0 Å². The standard InChI is InChI=1S/C17H22N2O3S/c1-19(11-13-7-9-14(10-8-13)23(2,20)21)12-16-15-5-3-4-6-17(15)22-18-16/h7-10H,3-6,11-12H2,1-2H3. The van der Waals surface area contributed by atoms with Gasteiger partial charge in [0, 0.05) is 31.3 Å². The molecule has 0 spiro atoms. The van der Waals surface area contributed by atoms with Crippen molar-refractivity contribution in [1.82, 2.24) is 10.1 Å². The van der Waals surface area contributed by atoms with Gasteiger partial charge in [-0.2, -0.15) is 0 Å². The number of fused-ring (bicyclic) bond motifs is 1. The van der Waals surface area contributed by atoms with Crippen LogP contribution < -0.4 is 0 Å². The number of aromatic nitrogens is 1. The first-order chi connectivity index (χ1) is 10.9. The van der Waals surface area contributed by atoms with E-state index in [1.807, 2.05) is 19.2 Å². The van der Waals surface area contributed by atoms with Gasteiger partial charge in [0.25, 0.3) is 0 Å². The Labute approximate surface area is 137 Å². The predicted molar refractivity (Wildman–Crippen MR) is 87.9 cm³/mol. The van der Waals surface area contributed by atoms with Gasteiger partial charge in [0.05, 0.1) is 4.90 Å². The van der Waals surface area contributed by atoms with Gasteiger partial charge in [-0.05, 0) is 44.0 Å². The van der Waals surface area contributed by atoms with E-state index in [4.69, 9.17) is 4.52 Å². The van der Waals surface area contributed by atoms with Crippen molar-refractivity contribution in [2.75, 3.05) is 13.3 Å². The Bertz CT molecular complexity index is 779. The number of benzene rings is 1. The van der Waals surface area contributed by atoms with E-state index in [9.17, 15) is 8.42 Å². The van der Waals surface area contributed by atoms with Crippen molar-refractivity contribution >= 4 is 9.84 Å². The van der Waals surface area contributed by atoms with Crippen LogP contribution in [0.5, 0.6) is 0 Å². The van der Waals surface area contributed by atoms with Gasteiger partial charge in [-0.15, -0.1) is 0 Å². The minimum absolute atomic E-state index is 0.356. The summed E-state index contributed by atoms with van der Waals surface area (Å²) < 4.78 is 28.4. The molecule has 3 rings (SSSR count). The Morgan fingerprint density at radius 2 is 1.83 bits per heavy atom. The van der Waals surface area contributed by atoms with Gasteiger partial charge < -0.3 is 4.52 Å². The third-order valence-electron chi connectivity index (χ3n) is 4.26. The van der Waals surface area contributed by atoms with Gasteiger partial charge in [-0.25, -0.2) is 8.42 Å². The van der Waals surface area contributed by atoms with E-state index < -0.39 is 9.84 Å². The lowest BCUT2D eigenvalue weighted by atomic mass is 9.96. The molecule has 0 unspecified atom stereocenters. The Kier molecular flexibility index (Phi) is 4.55. The van der Waals surface area contributed by atoms with Gasteiger partial charge in [0.15, 0.2) is 9.84 Å². The molecule has 0 aliphatic heterocycles. The van der Waals surface area contributed by atoms with Crippen LogP contribution in [0.2, 0.25) is 0 Å². The van der Waals surface area contributed by atoms with Crippen LogP contribution in [-0.2, 0) is 35.8 Å². The minimum Gasteiger partial charge on any atom is -0.361 e. The van der Waals surface area contributed by atoms with E-state index in [1.165, 1.54) is 24.7 Å². The highest BCUT2D eigenvalue weighted by atomic mass is 32.2. The molecule has 0 amide bonds. The highest BCUT2D eigenvalue weighted by Crippen LogP contribution is 2.25. The fraction of sp³-hybridized carbons (Fsp3) is 0.471. The molecule has 1 aliphatic carbocycles. The largest absolute Gasteiger partial charge is 0.361 e. The number of nitrogens with zero attached hydrogens (tertiary/aromatic N) is 2. The number of hydrogen-bond acceptors (Lipinski definition) is 5. The second kappa shape index (κ2) is 6.45. The van der Waals surface area contributed by atoms with E-state index in [1.54, 1.807) is 12.1 Å². The van der Waals surface area contributed by atoms with Crippen LogP contribution in [-0.4, -0.2) is 31.8 Å². The summed E-state index contributed by atoms with van der Waals surface area (Å²) in [5, 5.41) is 4.23. The SMILES string of the molecule is CN(Cc1ccc(S(C)(=O)=O)cc1)Cc1noc2c1CCCC2. The number of sulfone groups is 1. The van der Waals surface area contributed by atoms with E-state index in [-0.39, 0.29) is 0 Å². The fourth-order valence-corrected chi connectivity index (χ4v) is 3.67. The number of rotatable bonds is 5. The monoisotopic (exact) mass is 334 g/mol. The smallest absolute Gasteiger partial charge is 0.175 e. The molecule has 0 atom stereocenters. The molecule has 1 aromatic carbocycles. The van der Waals surface area contributed by atoms with Gasteiger partial charge >= 0.3 is 0 Å². The summed E-state index contributed by atoms with van der Waals surface area (Å²) in [5.74, 6) is 1.05. The van der Waals surface area contributed by atoms with Gasteiger partial charge in [0.2, 0.25) is 0 Å². The maximum Gasteiger partial charge on any atom is 0.175 e. The maximum absolute atomic E-state index is 11.5. The molecule has 0 bridgehead atoms. The van der Waals surface area contributed by atoms with Crippen LogP contribution in [0.4, 0.5) is 0 Å². The number of hydrogen-bond donors (Lipinski definition) is 0. The summed E-state index contributed by atoms with van der Waals surface area (Å²) in [5.41, 5.74) is 3.41. The van der Waals surface area contributed by atoms with Crippen molar-refractivity contribution in [2.24, 2.45) is 0 Å². The van der Waals surface area contributed by atoms with E-state index >= 15 is 0 Å². The second-order valence-electron chi connectivity index (χ2n) is 6.33. The molecule has 2 aromatic rings. The first-order valence-corrected chi connectivity index (χ1v) is 9.76. The average Bonchev–Trinajstić information content (AvgIpc) is 2.90. The molecular weight excluding hydrogens is 312 g/mol. The Hall–Kier alpha value is -1.66. The normalized spacial score (nSPS) is 14.9. The van der Waals surface area contributed by atoms with Crippen molar-refractivity contribution in [3.8, 4) is 0 Å². The summed E-state index contributed by atoms with van der Waals surface area (Å²) >= 11 is 0. The fourth-order valence-electron chi connectivity index (χ4n) is 3.04. The summed E-state index contributed by atoms with van der Waals surface area (Å²) in [7, 11) is -1.10. The molecule has 1 aromatic heterocycles. The molecule has 23 heavy (non-hydrogen) atoms. The molecule has 0 saturated carbocycles. The van der Waals surface area contributed by atoms with E-state index in [0.29, 0.717) is 4.90 Å². The van der Waals surface area contributed by atoms with Crippen LogP contribution in [0.15, 0.2) is 33.7 Å². The third kappa shape index (κ3) is 3.82. The van der Waals surface area contributed by atoms with Crippen molar-refractivity contribution < 1.29 is 12.9 Å². The minimum atomic E-state index is -3.14. The average molecular weight is 334 g/mol. The summed E-state index contributed by atoms with van der Waals surface area (Å²) in [6.45, 7) is 1.48. The summed E-state index contributed by atoms with van der Waals surface area (Å²) in [6.07, 6.45) is 5.67. The first kappa shape index (κ1) is 16.2. The van der Waals surface area contributed by atoms with Crippen molar-refractivity contribution in [3.05, 3.63) is 46.8 Å². The lowest BCUT2D eigenvalue weighted by Gasteiger charge is -2.17. The number of aryl methyl sites for hydroxylation is 1. The predicted octanol–water partition coefficient (Wildman–Crippen LogP) is 2.59. The highest BCUT2D eigenvalue weighted by Gasteiger charge is 2.20. The van der Waals surface area contributed by atoms with Crippen LogP contribution in [0.1, 0.15) is 35.4 Å². The third-order valence-corrected chi connectivity index (χ3v) is 5.38. The van der Waals surface area contributed by atoms with E-state index in [2.05, 4.69) is 10.1 Å².